The van der Waals surface area contributed by atoms with Crippen molar-refractivity contribution in [3.63, 3.8) is 0 Å². The Morgan fingerprint density at radius 1 is 1.18 bits per heavy atom. The molecule has 8 nitrogen and oxygen atoms in total. The molecule has 144 valence electrons. The number of carbonyl (C=O) groups excluding carboxylic acids is 1. The molecule has 3 aliphatic rings. The lowest BCUT2D eigenvalue weighted by molar-refractivity contribution is 0.121. The highest BCUT2D eigenvalue weighted by Crippen LogP contribution is 2.42. The topological polar surface area (TPSA) is 102 Å². The fourth-order valence-corrected chi connectivity index (χ4v) is 4.52. The van der Waals surface area contributed by atoms with Crippen molar-refractivity contribution in [1.29, 1.82) is 5.26 Å². The van der Waals surface area contributed by atoms with Crippen LogP contribution in [0.2, 0.25) is 0 Å². The molecule has 2 aliphatic heterocycles. The summed E-state index contributed by atoms with van der Waals surface area (Å²) in [7, 11) is 0. The molecule has 1 aliphatic carbocycles. The second-order valence-corrected chi connectivity index (χ2v) is 8.25. The van der Waals surface area contributed by atoms with Gasteiger partial charge in [0.05, 0.1) is 29.1 Å². The Morgan fingerprint density at radius 2 is 2.00 bits per heavy atom. The molecule has 8 heteroatoms. The minimum Gasteiger partial charge on any atom is -0.324 e. The minimum atomic E-state index is -0.364. The van der Waals surface area contributed by atoms with Crippen molar-refractivity contribution in [2.24, 2.45) is 0 Å². The molecule has 2 saturated heterocycles. The zero-order chi connectivity index (χ0) is 19.1. The number of aromatic amines is 1. The van der Waals surface area contributed by atoms with Crippen LogP contribution in [0, 0.1) is 11.3 Å². The first kappa shape index (κ1) is 17.2. The number of nitrogens with one attached hydrogen (secondary N) is 1. The summed E-state index contributed by atoms with van der Waals surface area (Å²) in [5, 5.41) is 20.0. The van der Waals surface area contributed by atoms with Crippen LogP contribution in [0.25, 0.3) is 0 Å². The summed E-state index contributed by atoms with van der Waals surface area (Å²) in [6.45, 7) is 2.96. The third-order valence-corrected chi connectivity index (χ3v) is 6.65. The van der Waals surface area contributed by atoms with Crippen LogP contribution < -0.4 is 0 Å². The van der Waals surface area contributed by atoms with Crippen molar-refractivity contribution < 1.29 is 4.79 Å². The predicted octanol–water partition coefficient (Wildman–Crippen LogP) is 2.15. The van der Waals surface area contributed by atoms with Crippen LogP contribution in [0.1, 0.15) is 54.5 Å². The highest BCUT2D eigenvalue weighted by molar-refractivity contribution is 5.76. The molecule has 1 atom stereocenters. The maximum Gasteiger partial charge on any atom is 0.320 e. The van der Waals surface area contributed by atoms with Gasteiger partial charge >= 0.3 is 6.03 Å². The number of amides is 2. The van der Waals surface area contributed by atoms with E-state index in [0.29, 0.717) is 11.8 Å². The van der Waals surface area contributed by atoms with Gasteiger partial charge in [-0.05, 0) is 37.3 Å². The van der Waals surface area contributed by atoms with Gasteiger partial charge in [-0.2, -0.15) is 5.26 Å². The smallest absolute Gasteiger partial charge is 0.320 e. The second-order valence-electron chi connectivity index (χ2n) is 8.25. The molecular weight excluding hydrogens is 354 g/mol. The monoisotopic (exact) mass is 377 g/mol. The van der Waals surface area contributed by atoms with Crippen molar-refractivity contribution in [2.75, 3.05) is 26.2 Å². The summed E-state index contributed by atoms with van der Waals surface area (Å²) >= 11 is 0. The molecule has 2 aromatic rings. The molecule has 2 aromatic heterocycles. The highest BCUT2D eigenvalue weighted by Gasteiger charge is 2.41. The molecule has 4 heterocycles. The van der Waals surface area contributed by atoms with Gasteiger partial charge in [0.1, 0.15) is 0 Å². The Kier molecular flexibility index (Phi) is 4.04. The predicted molar refractivity (Wildman–Crippen MR) is 100 cm³/mol. The van der Waals surface area contributed by atoms with E-state index in [9.17, 15) is 10.1 Å². The van der Waals surface area contributed by atoms with Crippen LogP contribution in [0.15, 0.2) is 24.5 Å². The van der Waals surface area contributed by atoms with Crippen molar-refractivity contribution >= 4 is 6.03 Å². The van der Waals surface area contributed by atoms with Crippen molar-refractivity contribution in [2.45, 2.75) is 42.9 Å². The molecule has 2 amide bonds. The third-order valence-electron chi connectivity index (χ3n) is 6.65. The van der Waals surface area contributed by atoms with E-state index in [-0.39, 0.29) is 11.4 Å². The number of rotatable bonds is 3. The number of nitrogens with zero attached hydrogens (tertiary/aromatic N) is 6. The van der Waals surface area contributed by atoms with E-state index in [1.807, 2.05) is 22.1 Å². The second kappa shape index (κ2) is 6.59. The molecule has 0 radical (unpaired) electrons. The number of hydrogen-bond donors (Lipinski definition) is 1. The van der Waals surface area contributed by atoms with E-state index in [0.717, 1.165) is 68.8 Å². The van der Waals surface area contributed by atoms with Crippen LogP contribution in [0.4, 0.5) is 4.79 Å². The van der Waals surface area contributed by atoms with Gasteiger partial charge in [-0.15, -0.1) is 5.10 Å². The van der Waals surface area contributed by atoms with Gasteiger partial charge in [0.15, 0.2) is 0 Å². The summed E-state index contributed by atoms with van der Waals surface area (Å²) in [6.07, 6.45) is 7.51. The van der Waals surface area contributed by atoms with E-state index in [4.69, 9.17) is 0 Å². The number of hydrogen-bond acceptors (Lipinski definition) is 5. The number of H-pyrrole nitrogens is 1. The summed E-state index contributed by atoms with van der Waals surface area (Å²) in [5.74, 6) is 0.631. The van der Waals surface area contributed by atoms with E-state index in [1.165, 1.54) is 0 Å². The number of likely N-dealkylation sites (tertiary alicyclic amines) is 2. The summed E-state index contributed by atoms with van der Waals surface area (Å²) in [5.41, 5.74) is 2.69. The molecule has 0 aromatic carbocycles. The lowest BCUT2D eigenvalue weighted by Crippen LogP contribution is -2.53. The zero-order valence-electron chi connectivity index (χ0n) is 15.7. The molecule has 0 bridgehead atoms. The molecule has 3 fully saturated rings. The van der Waals surface area contributed by atoms with Gasteiger partial charge in [-0.1, -0.05) is 11.3 Å². The minimum absolute atomic E-state index is 0.119. The Bertz CT molecular complexity index is 892. The Hall–Kier alpha value is -2.95. The summed E-state index contributed by atoms with van der Waals surface area (Å²) in [4.78, 5) is 21.2. The van der Waals surface area contributed by atoms with Crippen LogP contribution in [-0.2, 0) is 5.41 Å². The number of aromatic nitrogens is 4. The van der Waals surface area contributed by atoms with Gasteiger partial charge in [-0.3, -0.25) is 10.1 Å². The fraction of sp³-hybridized carbons (Fsp3) is 0.550. The van der Waals surface area contributed by atoms with Gasteiger partial charge in [-0.25, -0.2) is 4.79 Å². The lowest BCUT2D eigenvalue weighted by Gasteiger charge is -2.41. The molecular formula is C20H23N7O. The Balaban J connectivity index is 1.16. The standard InChI is InChI=1S/C20H23N7O/c21-13-20(5-1-6-20)18-3-2-14(8-22-18)16-11-27(12-16)19(28)26-7-4-15(10-26)17-9-23-25-24-17/h2-3,8-9,15-16H,1,4-7,10-12H2,(H,23,24,25)/t15-/m0/s1. The molecule has 28 heavy (non-hydrogen) atoms. The van der Waals surface area contributed by atoms with Crippen LogP contribution in [0.3, 0.4) is 0 Å². The van der Waals surface area contributed by atoms with Gasteiger partial charge in [0, 0.05) is 44.2 Å². The van der Waals surface area contributed by atoms with E-state index >= 15 is 0 Å². The Labute approximate surface area is 163 Å². The van der Waals surface area contributed by atoms with Crippen molar-refractivity contribution in [1.82, 2.24) is 30.2 Å². The van der Waals surface area contributed by atoms with Crippen LogP contribution in [0.5, 0.6) is 0 Å². The van der Waals surface area contributed by atoms with E-state index < -0.39 is 0 Å². The quantitative estimate of drug-likeness (QED) is 0.883. The first-order valence-electron chi connectivity index (χ1n) is 9.96. The van der Waals surface area contributed by atoms with Crippen LogP contribution in [-0.4, -0.2) is 62.4 Å². The molecule has 0 unspecified atom stereocenters. The van der Waals surface area contributed by atoms with E-state index in [1.54, 1.807) is 6.20 Å². The number of urea groups is 1. The van der Waals surface area contributed by atoms with Crippen LogP contribution >= 0.6 is 0 Å². The number of pyridine rings is 1. The Morgan fingerprint density at radius 3 is 2.61 bits per heavy atom. The van der Waals surface area contributed by atoms with Crippen molar-refractivity contribution in [3.8, 4) is 6.07 Å². The van der Waals surface area contributed by atoms with Gasteiger partial charge < -0.3 is 9.80 Å². The summed E-state index contributed by atoms with van der Waals surface area (Å²) in [6, 6.07) is 6.66. The third kappa shape index (κ3) is 2.73. The lowest BCUT2D eigenvalue weighted by atomic mass is 9.67. The maximum absolute atomic E-state index is 12.7. The molecule has 5 rings (SSSR count). The average Bonchev–Trinajstić information content (AvgIpc) is 3.33. The number of nitriles is 1. The van der Waals surface area contributed by atoms with E-state index in [2.05, 4.69) is 32.5 Å². The normalized spacial score (nSPS) is 23.8. The van der Waals surface area contributed by atoms with Gasteiger partial charge in [0.25, 0.3) is 0 Å². The zero-order valence-corrected chi connectivity index (χ0v) is 15.7. The number of carbonyl (C=O) groups is 1. The highest BCUT2D eigenvalue weighted by atomic mass is 16.2. The van der Waals surface area contributed by atoms with Gasteiger partial charge in [0.2, 0.25) is 0 Å². The fourth-order valence-electron chi connectivity index (χ4n) is 4.52. The SMILES string of the molecule is N#CC1(c2ccc(C3CN(C(=O)N4CC[C@H](c5cnn[nH]5)C4)C3)cn2)CCC1. The largest absolute Gasteiger partial charge is 0.324 e. The van der Waals surface area contributed by atoms with Crippen molar-refractivity contribution in [3.05, 3.63) is 41.5 Å². The molecule has 1 saturated carbocycles. The maximum atomic E-state index is 12.7. The summed E-state index contributed by atoms with van der Waals surface area (Å²) < 4.78 is 0. The molecule has 1 N–H and O–H groups in total. The first-order valence-corrected chi connectivity index (χ1v) is 9.96. The first-order chi connectivity index (χ1) is 13.7. The average molecular weight is 377 g/mol. The molecule has 0 spiro atoms.